The van der Waals surface area contributed by atoms with Crippen LogP contribution in [0.5, 0.6) is 5.75 Å². The summed E-state index contributed by atoms with van der Waals surface area (Å²) in [4.78, 5) is 23.9. The molecule has 0 saturated heterocycles. The first kappa shape index (κ1) is 38.2. The Kier molecular flexibility index (Phi) is 26.1. The highest BCUT2D eigenvalue weighted by molar-refractivity contribution is 8.76. The van der Waals surface area contributed by atoms with Gasteiger partial charge in [0.15, 0.2) is 0 Å². The van der Waals surface area contributed by atoms with Crippen LogP contribution in [-0.2, 0) is 28.5 Å². The van der Waals surface area contributed by atoms with Gasteiger partial charge in [-0.05, 0) is 24.3 Å². The summed E-state index contributed by atoms with van der Waals surface area (Å²) >= 11 is 0. The molecular formula is C28H55N3O7S2. The predicted octanol–water partition coefficient (Wildman–Crippen LogP) is 4.85. The molecule has 0 aromatic heterocycles. The Morgan fingerprint density at radius 3 is 2.45 bits per heavy atom. The molecule has 0 aliphatic rings. The third-order valence-corrected chi connectivity index (χ3v) is 6.42. The first-order valence-corrected chi connectivity index (χ1v) is 16.3. The van der Waals surface area contributed by atoms with Crippen LogP contribution < -0.4 is 21.1 Å². The van der Waals surface area contributed by atoms with Crippen molar-refractivity contribution in [2.24, 2.45) is 11.7 Å². The molecule has 4 N–H and O–H groups in total. The van der Waals surface area contributed by atoms with Gasteiger partial charge in [0.1, 0.15) is 24.4 Å². The van der Waals surface area contributed by atoms with E-state index < -0.39 is 0 Å². The molecular weight excluding hydrogens is 554 g/mol. The van der Waals surface area contributed by atoms with Gasteiger partial charge in [-0.2, -0.15) is 0 Å². The van der Waals surface area contributed by atoms with Crippen LogP contribution in [-0.4, -0.2) is 89.5 Å². The summed E-state index contributed by atoms with van der Waals surface area (Å²) in [5, 5.41) is 5.62. The van der Waals surface area contributed by atoms with E-state index in [9.17, 15) is 9.59 Å². The molecule has 40 heavy (non-hydrogen) atoms. The van der Waals surface area contributed by atoms with Gasteiger partial charge < -0.3 is 40.1 Å². The fourth-order valence-corrected chi connectivity index (χ4v) is 4.27. The van der Waals surface area contributed by atoms with Crippen LogP contribution in [0.25, 0.3) is 0 Å². The zero-order valence-electron chi connectivity index (χ0n) is 24.6. The van der Waals surface area contributed by atoms with Gasteiger partial charge in [-0.1, -0.05) is 67.5 Å². The number of carbonyl (C=O) groups is 2. The molecule has 1 rings (SSSR count). The van der Waals surface area contributed by atoms with Crippen molar-refractivity contribution in [3.8, 4) is 5.75 Å². The summed E-state index contributed by atoms with van der Waals surface area (Å²) < 4.78 is 27.7. The van der Waals surface area contributed by atoms with E-state index in [4.69, 9.17) is 29.4 Å². The Labute approximate surface area is 252 Å². The lowest BCUT2D eigenvalue weighted by molar-refractivity contribution is -0.126. The van der Waals surface area contributed by atoms with Crippen LogP contribution in [0.3, 0.4) is 0 Å². The molecule has 0 aliphatic carbocycles. The van der Waals surface area contributed by atoms with Gasteiger partial charge in [0.2, 0.25) is 11.8 Å². The molecule has 0 spiro atoms. The maximum atomic E-state index is 12.2. The highest BCUT2D eigenvalue weighted by Crippen LogP contribution is 2.26. The zero-order valence-corrected chi connectivity index (χ0v) is 26.3. The number of nitrogens with two attached hydrogens (primary N) is 1. The van der Waals surface area contributed by atoms with Crippen LogP contribution >= 0.6 is 21.6 Å². The van der Waals surface area contributed by atoms with Gasteiger partial charge in [-0.25, -0.2) is 0 Å². The third-order valence-electron chi connectivity index (χ3n) is 4.52. The minimum atomic E-state index is -0.229. The molecule has 0 bridgehead atoms. The van der Waals surface area contributed by atoms with Gasteiger partial charge in [0, 0.05) is 29.1 Å². The Morgan fingerprint density at radius 1 is 1.02 bits per heavy atom. The lowest BCUT2D eigenvalue weighted by Crippen LogP contribution is -2.28. The van der Waals surface area contributed by atoms with Crippen LogP contribution in [0.15, 0.2) is 36.4 Å². The molecule has 0 unspecified atom stereocenters. The van der Waals surface area contributed by atoms with Crippen molar-refractivity contribution in [3.63, 3.8) is 0 Å². The van der Waals surface area contributed by atoms with Gasteiger partial charge in [-0.3, -0.25) is 9.59 Å². The van der Waals surface area contributed by atoms with Crippen molar-refractivity contribution in [2.75, 3.05) is 77.5 Å². The summed E-state index contributed by atoms with van der Waals surface area (Å²) in [6.45, 7) is 11.7. The number of allylic oxidation sites excluding steroid dienone is 1. The van der Waals surface area contributed by atoms with Crippen LogP contribution in [0.4, 0.5) is 5.69 Å². The van der Waals surface area contributed by atoms with E-state index in [2.05, 4.69) is 24.5 Å². The largest absolute Gasteiger partial charge is 0.490 e. The van der Waals surface area contributed by atoms with Crippen molar-refractivity contribution in [3.05, 3.63) is 36.4 Å². The lowest BCUT2D eigenvalue weighted by Gasteiger charge is -2.17. The van der Waals surface area contributed by atoms with E-state index in [0.717, 1.165) is 0 Å². The number of rotatable bonds is 23. The zero-order chi connectivity index (χ0) is 29.8. The normalized spacial score (nSPS) is 11.7. The molecule has 0 radical (unpaired) electrons. The van der Waals surface area contributed by atoms with E-state index in [1.807, 2.05) is 44.4 Å². The summed E-state index contributed by atoms with van der Waals surface area (Å²) in [6, 6.07) is 7.19. The first-order valence-electron chi connectivity index (χ1n) is 13.6. The van der Waals surface area contributed by atoms with Crippen molar-refractivity contribution < 1.29 is 37.6 Å². The number of carbonyl (C=O) groups excluding carboxylic acids is 2. The van der Waals surface area contributed by atoms with E-state index in [0.29, 0.717) is 76.7 Å². The molecule has 2 amide bonds. The Balaban J connectivity index is -0.00000149. The minimum Gasteiger partial charge on any atom is -0.490 e. The molecule has 0 aliphatic heterocycles. The van der Waals surface area contributed by atoms with Crippen LogP contribution in [0, 0.1) is 5.92 Å². The highest BCUT2D eigenvalue weighted by atomic mass is 33.1. The van der Waals surface area contributed by atoms with Crippen molar-refractivity contribution in [2.45, 2.75) is 39.6 Å². The number of hydrogen-bond donors (Lipinski definition) is 3. The molecule has 1 atom stereocenters. The Morgan fingerprint density at radius 2 is 1.75 bits per heavy atom. The molecule has 0 fully saturated rings. The molecule has 10 nitrogen and oxygen atoms in total. The van der Waals surface area contributed by atoms with Crippen LogP contribution in [0.1, 0.15) is 38.4 Å². The second kappa shape index (κ2) is 27.4. The van der Waals surface area contributed by atoms with Gasteiger partial charge >= 0.3 is 0 Å². The Hall–Kier alpha value is -1.80. The molecule has 12 heteroatoms. The van der Waals surface area contributed by atoms with Crippen molar-refractivity contribution >= 4 is 39.1 Å². The number of hydrogen-bond acceptors (Lipinski definition) is 10. The third kappa shape index (κ3) is 23.0. The van der Waals surface area contributed by atoms with E-state index in [1.54, 1.807) is 22.9 Å². The number of anilines is 1. The summed E-state index contributed by atoms with van der Waals surface area (Å²) in [7, 11) is 3.11. The average molecular weight is 610 g/mol. The minimum absolute atomic E-state index is 0. The molecule has 0 saturated carbocycles. The summed E-state index contributed by atoms with van der Waals surface area (Å²) in [6.07, 6.45) is 6.16. The van der Waals surface area contributed by atoms with Crippen molar-refractivity contribution in [1.82, 2.24) is 5.32 Å². The number of ether oxygens (including phenoxy) is 5. The molecule has 1 aromatic carbocycles. The monoisotopic (exact) mass is 609 g/mol. The SMILES string of the molecule is CC.CSS[C@H](COc1cccc(NC(=O)CCOCCOCCN)c1)OCCOCC(=O)NC/C=C/C(C)C.[HH].[HH].[HH]. The fraction of sp³-hybridized carbons (Fsp3) is 0.643. The van der Waals surface area contributed by atoms with E-state index in [1.165, 1.54) is 10.8 Å². The second-order valence-corrected chi connectivity index (χ2v) is 10.9. The summed E-state index contributed by atoms with van der Waals surface area (Å²) in [5.74, 6) is 0.759. The average Bonchev–Trinajstić information content (AvgIpc) is 2.94. The van der Waals surface area contributed by atoms with Gasteiger partial charge in [0.25, 0.3) is 0 Å². The molecule has 0 heterocycles. The highest BCUT2D eigenvalue weighted by Gasteiger charge is 2.12. The fourth-order valence-electron chi connectivity index (χ4n) is 2.80. The number of benzene rings is 1. The van der Waals surface area contributed by atoms with E-state index in [-0.39, 0.29) is 34.6 Å². The topological polar surface area (TPSA) is 130 Å². The van der Waals surface area contributed by atoms with Crippen LogP contribution in [0.2, 0.25) is 0 Å². The summed E-state index contributed by atoms with van der Waals surface area (Å²) in [5.41, 5.74) is 5.76. The number of nitrogens with one attached hydrogen (secondary N) is 2. The second-order valence-electron chi connectivity index (χ2n) is 8.24. The smallest absolute Gasteiger partial charge is 0.246 e. The standard InChI is InChI=1S/C26H43N3O7S2.C2H6.3H2/c1-21(2)6-5-11-28-25(31)19-34-16-17-35-26(38-37-3)20-36-23-8-4-7-22(18-23)29-24(30)9-12-32-14-15-33-13-10-27;1-2;;;/h4-8,18,21,26H,9-17,19-20,27H2,1-3H3,(H,28,31)(H,29,30);1-2H3;3*1H/b6-5+;;;;/t26-;;;;/m1..../s1. The maximum Gasteiger partial charge on any atom is 0.246 e. The number of amides is 2. The quantitative estimate of drug-likeness (QED) is 0.0685. The predicted molar refractivity (Wildman–Crippen MR) is 172 cm³/mol. The first-order chi connectivity index (χ1) is 19.4. The van der Waals surface area contributed by atoms with E-state index >= 15 is 0 Å². The molecule has 236 valence electrons. The molecule has 1 aromatic rings. The maximum absolute atomic E-state index is 12.2. The Bertz CT molecular complexity index is 817. The van der Waals surface area contributed by atoms with Crippen molar-refractivity contribution in [1.29, 1.82) is 0 Å². The van der Waals surface area contributed by atoms with Gasteiger partial charge in [0.05, 0.1) is 46.1 Å². The van der Waals surface area contributed by atoms with Gasteiger partial charge in [-0.15, -0.1) is 0 Å². The lowest BCUT2D eigenvalue weighted by atomic mass is 10.2.